The van der Waals surface area contributed by atoms with Crippen molar-refractivity contribution in [2.24, 2.45) is 5.73 Å². The highest BCUT2D eigenvalue weighted by Gasteiger charge is 2.41. The van der Waals surface area contributed by atoms with E-state index in [1.165, 1.54) is 6.07 Å². The lowest BCUT2D eigenvalue weighted by Gasteiger charge is -2.40. The molecule has 0 fully saturated rings. The number of para-hydroxylation sites is 1. The van der Waals surface area contributed by atoms with E-state index in [1.807, 2.05) is 32.0 Å². The molecule has 4 nitrogen and oxygen atoms in total. The quantitative estimate of drug-likeness (QED) is 0.807. The molecule has 1 atom stereocenters. The highest BCUT2D eigenvalue weighted by Crippen LogP contribution is 2.47. The summed E-state index contributed by atoms with van der Waals surface area (Å²) in [5.41, 5.74) is 11.3. The third-order valence-corrected chi connectivity index (χ3v) is 5.74. The maximum atomic E-state index is 14.7. The summed E-state index contributed by atoms with van der Waals surface area (Å²) in [6.07, 6.45) is 1.71. The predicted molar refractivity (Wildman–Crippen MR) is 110 cm³/mol. The maximum Gasteiger partial charge on any atom is 0.161 e. The van der Waals surface area contributed by atoms with Crippen LogP contribution in [0.2, 0.25) is 0 Å². The molecule has 0 radical (unpaired) electrons. The topological polar surface area (TPSA) is 70.1 Å². The first-order valence-corrected chi connectivity index (χ1v) is 9.71. The van der Waals surface area contributed by atoms with Gasteiger partial charge in [-0.05, 0) is 49.9 Å². The van der Waals surface area contributed by atoms with Gasteiger partial charge in [0.2, 0.25) is 0 Å². The number of nitriles is 1. The number of aryl methyl sites for hydroxylation is 2. The van der Waals surface area contributed by atoms with Gasteiger partial charge >= 0.3 is 0 Å². The first-order valence-electron chi connectivity index (χ1n) is 9.71. The standard InChI is InChI=1S/C24H22FN3O/c1-14-10-11-16(15(2)12-14)22-17(13-26)24(27)28(19-7-4-3-6-18(19)25)20-8-5-9-21(29)23(20)22/h3-4,6-7,10-12,22H,5,8-9,27H2,1-2H3/t22-/m0/s1. The zero-order valence-corrected chi connectivity index (χ0v) is 16.5. The molecule has 2 aromatic carbocycles. The molecule has 0 unspecified atom stereocenters. The molecule has 2 aliphatic rings. The molecule has 5 heteroatoms. The van der Waals surface area contributed by atoms with Crippen LogP contribution in [0.3, 0.4) is 0 Å². The predicted octanol–water partition coefficient (Wildman–Crippen LogP) is 4.75. The molecule has 0 amide bonds. The summed E-state index contributed by atoms with van der Waals surface area (Å²) >= 11 is 0. The Bertz CT molecular complexity index is 1120. The molecule has 0 aromatic heterocycles. The van der Waals surface area contributed by atoms with Gasteiger partial charge in [0, 0.05) is 17.7 Å². The zero-order chi connectivity index (χ0) is 20.7. The van der Waals surface area contributed by atoms with E-state index in [9.17, 15) is 14.4 Å². The summed E-state index contributed by atoms with van der Waals surface area (Å²) < 4.78 is 14.7. The molecule has 1 aliphatic carbocycles. The molecule has 0 saturated heterocycles. The van der Waals surface area contributed by atoms with Crippen LogP contribution in [0, 0.1) is 31.0 Å². The van der Waals surface area contributed by atoms with Crippen LogP contribution in [0.25, 0.3) is 0 Å². The number of nitrogens with two attached hydrogens (primary N) is 1. The van der Waals surface area contributed by atoms with E-state index in [0.717, 1.165) is 16.7 Å². The summed E-state index contributed by atoms with van der Waals surface area (Å²) in [5.74, 6) is -0.775. The molecular weight excluding hydrogens is 365 g/mol. The van der Waals surface area contributed by atoms with Crippen molar-refractivity contribution in [3.05, 3.63) is 87.6 Å². The van der Waals surface area contributed by atoms with Crippen LogP contribution < -0.4 is 10.6 Å². The Morgan fingerprint density at radius 2 is 1.93 bits per heavy atom. The van der Waals surface area contributed by atoms with Crippen molar-refractivity contribution < 1.29 is 9.18 Å². The van der Waals surface area contributed by atoms with E-state index in [1.54, 1.807) is 23.1 Å². The molecule has 4 rings (SSSR count). The number of hydrogen-bond acceptors (Lipinski definition) is 4. The normalized spacial score (nSPS) is 19.3. The first kappa shape index (κ1) is 18.9. The largest absolute Gasteiger partial charge is 0.384 e. The SMILES string of the molecule is Cc1ccc([C@H]2C(C#N)=C(N)N(c3ccccc3F)C3=C2C(=O)CCC3)c(C)c1. The van der Waals surface area contributed by atoms with Gasteiger partial charge in [-0.3, -0.25) is 9.69 Å². The summed E-state index contributed by atoms with van der Waals surface area (Å²) in [5, 5.41) is 10.0. The second-order valence-electron chi connectivity index (χ2n) is 7.63. The average molecular weight is 387 g/mol. The number of anilines is 1. The molecule has 146 valence electrons. The molecule has 1 heterocycles. The number of hydrogen-bond donors (Lipinski definition) is 1. The fraction of sp³-hybridized carbons (Fsp3) is 0.250. The van der Waals surface area contributed by atoms with Crippen molar-refractivity contribution in [3.63, 3.8) is 0 Å². The van der Waals surface area contributed by atoms with Crippen LogP contribution >= 0.6 is 0 Å². The van der Waals surface area contributed by atoms with Gasteiger partial charge in [0.25, 0.3) is 0 Å². The van der Waals surface area contributed by atoms with Gasteiger partial charge in [0.15, 0.2) is 5.78 Å². The monoisotopic (exact) mass is 387 g/mol. The minimum Gasteiger partial charge on any atom is -0.384 e. The minimum atomic E-state index is -0.522. The molecule has 0 saturated carbocycles. The number of carbonyl (C=O) groups is 1. The van der Waals surface area contributed by atoms with Gasteiger partial charge in [-0.2, -0.15) is 5.26 Å². The third kappa shape index (κ3) is 3.01. The first-order chi connectivity index (χ1) is 13.9. The smallest absolute Gasteiger partial charge is 0.161 e. The van der Waals surface area contributed by atoms with Gasteiger partial charge in [0.1, 0.15) is 11.6 Å². The number of Topliss-reactive ketones (excluding diaryl/α,β-unsaturated/α-hetero) is 1. The fourth-order valence-electron chi connectivity index (χ4n) is 4.46. The number of allylic oxidation sites excluding steroid dienone is 3. The van der Waals surface area contributed by atoms with E-state index in [-0.39, 0.29) is 22.9 Å². The van der Waals surface area contributed by atoms with E-state index >= 15 is 0 Å². The second-order valence-corrected chi connectivity index (χ2v) is 7.63. The van der Waals surface area contributed by atoms with E-state index in [0.29, 0.717) is 30.5 Å². The van der Waals surface area contributed by atoms with E-state index < -0.39 is 11.7 Å². The lowest BCUT2D eigenvalue weighted by molar-refractivity contribution is -0.116. The van der Waals surface area contributed by atoms with Crippen LogP contribution in [-0.2, 0) is 4.79 Å². The second kappa shape index (κ2) is 7.21. The van der Waals surface area contributed by atoms with Gasteiger partial charge in [0.05, 0.1) is 23.2 Å². The average Bonchev–Trinajstić information content (AvgIpc) is 2.69. The molecular formula is C24H22FN3O. The highest BCUT2D eigenvalue weighted by molar-refractivity contribution is 6.01. The number of rotatable bonds is 2. The number of carbonyl (C=O) groups excluding carboxylic acids is 1. The molecule has 0 spiro atoms. The van der Waals surface area contributed by atoms with Gasteiger partial charge in [-0.1, -0.05) is 35.9 Å². The Balaban J connectivity index is 2.01. The molecule has 29 heavy (non-hydrogen) atoms. The lowest BCUT2D eigenvalue weighted by atomic mass is 9.74. The fourth-order valence-corrected chi connectivity index (χ4v) is 4.46. The number of ketones is 1. The van der Waals surface area contributed by atoms with E-state index in [4.69, 9.17) is 5.73 Å². The van der Waals surface area contributed by atoms with Crippen molar-refractivity contribution in [2.75, 3.05) is 4.90 Å². The van der Waals surface area contributed by atoms with Crippen molar-refractivity contribution in [1.82, 2.24) is 0 Å². The Morgan fingerprint density at radius 3 is 2.62 bits per heavy atom. The summed E-state index contributed by atoms with van der Waals surface area (Å²) in [6.45, 7) is 3.98. The minimum absolute atomic E-state index is 0.00202. The van der Waals surface area contributed by atoms with Gasteiger partial charge in [-0.25, -0.2) is 4.39 Å². The zero-order valence-electron chi connectivity index (χ0n) is 16.5. The summed E-state index contributed by atoms with van der Waals surface area (Å²) in [7, 11) is 0. The van der Waals surface area contributed by atoms with Crippen molar-refractivity contribution in [2.45, 2.75) is 39.0 Å². The summed E-state index contributed by atoms with van der Waals surface area (Å²) in [4.78, 5) is 14.6. The van der Waals surface area contributed by atoms with Gasteiger partial charge < -0.3 is 5.73 Å². The van der Waals surface area contributed by atoms with Crippen LogP contribution in [0.5, 0.6) is 0 Å². The molecule has 0 bridgehead atoms. The number of nitrogens with zero attached hydrogens (tertiary/aromatic N) is 2. The Kier molecular flexibility index (Phi) is 4.71. The highest BCUT2D eigenvalue weighted by atomic mass is 19.1. The van der Waals surface area contributed by atoms with Crippen molar-refractivity contribution >= 4 is 11.5 Å². The molecule has 1 aliphatic heterocycles. The number of halogens is 1. The number of benzene rings is 2. The van der Waals surface area contributed by atoms with Crippen LogP contribution in [-0.4, -0.2) is 5.78 Å². The molecule has 2 N–H and O–H groups in total. The molecule has 2 aromatic rings. The third-order valence-electron chi connectivity index (χ3n) is 5.74. The van der Waals surface area contributed by atoms with Gasteiger partial charge in [-0.15, -0.1) is 0 Å². The lowest BCUT2D eigenvalue weighted by Crippen LogP contribution is -2.39. The van der Waals surface area contributed by atoms with Crippen LogP contribution in [0.4, 0.5) is 10.1 Å². The van der Waals surface area contributed by atoms with Crippen LogP contribution in [0.15, 0.2) is 65.1 Å². The Morgan fingerprint density at radius 1 is 1.17 bits per heavy atom. The van der Waals surface area contributed by atoms with E-state index in [2.05, 4.69) is 6.07 Å². The van der Waals surface area contributed by atoms with Crippen LogP contribution in [0.1, 0.15) is 41.9 Å². The Labute approximate surface area is 169 Å². The van der Waals surface area contributed by atoms with Crippen molar-refractivity contribution in [3.8, 4) is 6.07 Å². The van der Waals surface area contributed by atoms with Crippen molar-refractivity contribution in [1.29, 1.82) is 5.26 Å². The Hall–Kier alpha value is -3.39. The maximum absolute atomic E-state index is 14.7. The summed E-state index contributed by atoms with van der Waals surface area (Å²) in [6, 6.07) is 14.5.